The Hall–Kier alpha value is -3.94. The standard InChI is InChI=1S/C16H18.C10H14.2C9H12.C3H8.CH4O/c1-3-13-5-9-15(10-6-13)16-11-7-14(4-2)8-12-16;1-3-9-5-7-10(4-2)8-6-9;2*1-8(2)9-6-4-3-5-7-9;1-3-2;1-2/h5-12H,3-4H2,1-2H3;5-8H,3-4H2,1-2H3;2*3-8H,1-2H3;3H2,1-2H3;2H,1H3. The smallest absolute Gasteiger partial charge is 0.0319 e. The first-order valence-corrected chi connectivity index (χ1v) is 18.5. The molecule has 0 unspecified atom stereocenters. The van der Waals surface area contributed by atoms with E-state index in [0.717, 1.165) is 32.8 Å². The molecule has 0 bridgehead atoms. The molecule has 0 atom stereocenters. The number of aliphatic hydroxyl groups is 1. The van der Waals surface area contributed by atoms with Gasteiger partial charge in [-0.2, -0.15) is 0 Å². The molecule has 49 heavy (non-hydrogen) atoms. The molecule has 5 aromatic carbocycles. The molecule has 0 aliphatic carbocycles. The largest absolute Gasteiger partial charge is 0.400 e. The van der Waals surface area contributed by atoms with E-state index in [1.54, 1.807) is 0 Å². The van der Waals surface area contributed by atoms with E-state index < -0.39 is 0 Å². The Labute approximate surface area is 302 Å². The zero-order valence-electron chi connectivity index (χ0n) is 32.8. The summed E-state index contributed by atoms with van der Waals surface area (Å²) in [5, 5.41) is 7.00. The van der Waals surface area contributed by atoms with Gasteiger partial charge < -0.3 is 5.11 Å². The van der Waals surface area contributed by atoms with E-state index in [1.807, 2.05) is 12.1 Å². The van der Waals surface area contributed by atoms with E-state index in [-0.39, 0.29) is 0 Å². The molecule has 5 rings (SSSR count). The predicted octanol–water partition coefficient (Wildman–Crippen LogP) is 13.9. The molecule has 0 amide bonds. The van der Waals surface area contributed by atoms with Crippen LogP contribution in [0, 0.1) is 0 Å². The van der Waals surface area contributed by atoms with E-state index in [9.17, 15) is 0 Å². The average Bonchev–Trinajstić information content (AvgIpc) is 3.17. The summed E-state index contributed by atoms with van der Waals surface area (Å²) in [5.41, 5.74) is 11.1. The number of hydrogen-bond acceptors (Lipinski definition) is 1. The van der Waals surface area contributed by atoms with Crippen molar-refractivity contribution >= 4 is 0 Å². The van der Waals surface area contributed by atoms with Gasteiger partial charge >= 0.3 is 0 Å². The molecule has 0 saturated heterocycles. The molecule has 0 spiro atoms. The molecule has 1 N–H and O–H groups in total. The highest BCUT2D eigenvalue weighted by molar-refractivity contribution is 5.64. The van der Waals surface area contributed by atoms with Crippen LogP contribution in [0.1, 0.15) is 121 Å². The normalized spacial score (nSPS) is 9.59. The summed E-state index contributed by atoms with van der Waals surface area (Å²) in [5.74, 6) is 1.32. The Kier molecular flexibility index (Phi) is 26.7. The lowest BCUT2D eigenvalue weighted by Crippen LogP contribution is -1.83. The maximum atomic E-state index is 7.00. The monoisotopic (exact) mass is 661 g/mol. The van der Waals surface area contributed by atoms with Crippen LogP contribution < -0.4 is 0 Å². The zero-order valence-corrected chi connectivity index (χ0v) is 32.8. The van der Waals surface area contributed by atoms with Crippen molar-refractivity contribution in [2.75, 3.05) is 7.11 Å². The van der Waals surface area contributed by atoms with Gasteiger partial charge in [0.05, 0.1) is 0 Å². The second-order valence-corrected chi connectivity index (χ2v) is 12.5. The van der Waals surface area contributed by atoms with Gasteiger partial charge in [0.2, 0.25) is 0 Å². The fourth-order valence-corrected chi connectivity index (χ4v) is 4.55. The maximum Gasteiger partial charge on any atom is 0.0319 e. The van der Waals surface area contributed by atoms with Gasteiger partial charge in [-0.15, -0.1) is 0 Å². The third kappa shape index (κ3) is 20.2. The average molecular weight is 661 g/mol. The van der Waals surface area contributed by atoms with E-state index in [4.69, 9.17) is 5.11 Å². The Morgan fingerprint density at radius 3 is 0.714 bits per heavy atom. The number of benzene rings is 5. The SMILES string of the molecule is CC(C)c1ccccc1.CC(C)c1ccccc1.CCC.CCc1ccc(-c2ccc(CC)cc2)cc1.CCc1ccc(CC)cc1.CO. The van der Waals surface area contributed by atoms with E-state index in [0.29, 0.717) is 11.8 Å². The lowest BCUT2D eigenvalue weighted by molar-refractivity contribution is 0.399. The first-order chi connectivity index (χ1) is 23.7. The molecule has 0 aliphatic heterocycles. The summed E-state index contributed by atoms with van der Waals surface area (Å²) in [4.78, 5) is 0. The fraction of sp³-hybridized carbons (Fsp3) is 0.375. The first-order valence-electron chi connectivity index (χ1n) is 18.5. The van der Waals surface area contributed by atoms with Crippen molar-refractivity contribution in [3.63, 3.8) is 0 Å². The first kappa shape index (κ1) is 45.1. The molecule has 1 heteroatoms. The molecule has 0 aromatic heterocycles. The van der Waals surface area contributed by atoms with Crippen LogP contribution in [0.4, 0.5) is 0 Å². The molecule has 5 aromatic rings. The molecule has 1 nitrogen and oxygen atoms in total. The Bertz CT molecular complexity index is 1290. The molecule has 0 fully saturated rings. The fourth-order valence-electron chi connectivity index (χ4n) is 4.55. The highest BCUT2D eigenvalue weighted by atomic mass is 16.2. The van der Waals surface area contributed by atoms with Crippen molar-refractivity contribution < 1.29 is 5.11 Å². The van der Waals surface area contributed by atoms with Crippen LogP contribution in [0.15, 0.2) is 133 Å². The highest BCUT2D eigenvalue weighted by Crippen LogP contribution is 2.21. The quantitative estimate of drug-likeness (QED) is 0.184. The highest BCUT2D eigenvalue weighted by Gasteiger charge is 1.98. The number of aliphatic hydroxyl groups excluding tert-OH is 1. The summed E-state index contributed by atoms with van der Waals surface area (Å²) in [6, 6.07) is 47.5. The van der Waals surface area contributed by atoms with Gasteiger partial charge in [-0.25, -0.2) is 0 Å². The zero-order chi connectivity index (χ0) is 36.9. The molecule has 0 heterocycles. The van der Waals surface area contributed by atoms with Gasteiger partial charge in [0.15, 0.2) is 0 Å². The Morgan fingerprint density at radius 1 is 0.347 bits per heavy atom. The molecular formula is C48H68O. The van der Waals surface area contributed by atoms with Crippen molar-refractivity contribution in [3.05, 3.63) is 167 Å². The van der Waals surface area contributed by atoms with Crippen molar-refractivity contribution in [2.45, 2.75) is 113 Å². The minimum Gasteiger partial charge on any atom is -0.400 e. The van der Waals surface area contributed by atoms with E-state index in [2.05, 4.69) is 191 Å². The van der Waals surface area contributed by atoms with Gasteiger partial charge in [-0.3, -0.25) is 0 Å². The van der Waals surface area contributed by atoms with Crippen LogP contribution in [0.5, 0.6) is 0 Å². The van der Waals surface area contributed by atoms with Crippen molar-refractivity contribution in [1.29, 1.82) is 0 Å². The van der Waals surface area contributed by atoms with Crippen LogP contribution >= 0.6 is 0 Å². The third-order valence-corrected chi connectivity index (χ3v) is 7.83. The minimum absolute atomic E-state index is 0.659. The summed E-state index contributed by atoms with van der Waals surface area (Å²) in [7, 11) is 1.00. The number of rotatable bonds is 7. The van der Waals surface area contributed by atoms with Gasteiger partial charge in [0, 0.05) is 7.11 Å². The van der Waals surface area contributed by atoms with Crippen LogP contribution in [0.25, 0.3) is 11.1 Å². The maximum absolute atomic E-state index is 7.00. The van der Waals surface area contributed by atoms with Crippen LogP contribution in [0.2, 0.25) is 0 Å². The van der Waals surface area contributed by atoms with Crippen LogP contribution in [0.3, 0.4) is 0 Å². The van der Waals surface area contributed by atoms with Crippen molar-refractivity contribution in [1.82, 2.24) is 0 Å². The lowest BCUT2D eigenvalue weighted by Gasteiger charge is -2.04. The summed E-state index contributed by atoms with van der Waals surface area (Å²) in [6.07, 6.45) is 5.75. The van der Waals surface area contributed by atoms with Crippen LogP contribution in [-0.4, -0.2) is 12.2 Å². The molecular weight excluding hydrogens is 593 g/mol. The summed E-state index contributed by atoms with van der Waals surface area (Å²) < 4.78 is 0. The van der Waals surface area contributed by atoms with Gasteiger partial charge in [0.25, 0.3) is 0 Å². The third-order valence-electron chi connectivity index (χ3n) is 7.83. The van der Waals surface area contributed by atoms with E-state index in [1.165, 1.54) is 50.9 Å². The minimum atomic E-state index is 0.659. The Balaban J connectivity index is 0.000000617. The Morgan fingerprint density at radius 2 is 0.551 bits per heavy atom. The topological polar surface area (TPSA) is 20.2 Å². The number of aryl methyl sites for hydroxylation is 4. The predicted molar refractivity (Wildman–Crippen MR) is 221 cm³/mol. The molecule has 0 saturated carbocycles. The van der Waals surface area contributed by atoms with Crippen LogP contribution in [-0.2, 0) is 25.7 Å². The van der Waals surface area contributed by atoms with Gasteiger partial charge in [0.1, 0.15) is 0 Å². The molecule has 0 aliphatic rings. The van der Waals surface area contributed by atoms with E-state index >= 15 is 0 Å². The van der Waals surface area contributed by atoms with Gasteiger partial charge in [-0.05, 0) is 82.0 Å². The summed E-state index contributed by atoms with van der Waals surface area (Å²) in [6.45, 7) is 21.8. The number of hydrogen-bond donors (Lipinski definition) is 1. The van der Waals surface area contributed by atoms with Crippen molar-refractivity contribution in [2.24, 2.45) is 0 Å². The van der Waals surface area contributed by atoms with Crippen molar-refractivity contribution in [3.8, 4) is 11.1 Å². The van der Waals surface area contributed by atoms with Gasteiger partial charge in [-0.1, -0.05) is 209 Å². The lowest BCUT2D eigenvalue weighted by atomic mass is 10.0. The molecule has 266 valence electrons. The molecule has 0 radical (unpaired) electrons. The second kappa shape index (κ2) is 29.0. The summed E-state index contributed by atoms with van der Waals surface area (Å²) >= 11 is 0. The second-order valence-electron chi connectivity index (χ2n) is 12.5.